The van der Waals surface area contributed by atoms with Crippen LogP contribution >= 0.6 is 0 Å². The Bertz CT molecular complexity index is 292. The van der Waals surface area contributed by atoms with Crippen molar-refractivity contribution in [2.45, 2.75) is 26.4 Å². The number of aliphatic hydroxyl groups excluding tert-OH is 1. The second-order valence-corrected chi connectivity index (χ2v) is 3.25. The van der Waals surface area contributed by atoms with Gasteiger partial charge in [0.05, 0.1) is 18.9 Å². The van der Waals surface area contributed by atoms with Crippen LogP contribution in [0.15, 0.2) is 0 Å². The Morgan fingerprint density at radius 2 is 2.23 bits per heavy atom. The van der Waals surface area contributed by atoms with E-state index in [0.29, 0.717) is 6.42 Å². The predicted octanol–water partition coefficient (Wildman–Crippen LogP) is 0.660. The Labute approximate surface area is 78.1 Å². The van der Waals surface area contributed by atoms with Crippen molar-refractivity contribution in [3.8, 4) is 5.88 Å². The van der Waals surface area contributed by atoms with Crippen LogP contribution in [0.4, 0.5) is 0 Å². The molecule has 13 heavy (non-hydrogen) atoms. The van der Waals surface area contributed by atoms with Gasteiger partial charge in [0.2, 0.25) is 5.88 Å². The summed E-state index contributed by atoms with van der Waals surface area (Å²) in [5.74, 6) is 0.735. The van der Waals surface area contributed by atoms with Crippen LogP contribution in [-0.2, 0) is 13.5 Å². The zero-order valence-corrected chi connectivity index (χ0v) is 8.53. The summed E-state index contributed by atoms with van der Waals surface area (Å²) in [7, 11) is 3.44. The summed E-state index contributed by atoms with van der Waals surface area (Å²) in [6.45, 7) is 3.67. The largest absolute Gasteiger partial charge is 0.481 e. The number of ether oxygens (including phenoxy) is 1. The number of rotatable bonds is 3. The molecule has 4 heteroatoms. The molecule has 0 aliphatic rings. The van der Waals surface area contributed by atoms with E-state index in [1.54, 1.807) is 18.7 Å². The lowest BCUT2D eigenvalue weighted by Gasteiger charge is -2.06. The number of hydrogen-bond acceptors (Lipinski definition) is 3. The lowest BCUT2D eigenvalue weighted by Crippen LogP contribution is -2.06. The number of aryl methyl sites for hydroxylation is 2. The highest BCUT2D eigenvalue weighted by Crippen LogP contribution is 2.22. The van der Waals surface area contributed by atoms with E-state index in [1.807, 2.05) is 14.0 Å². The molecular weight excluding hydrogens is 168 g/mol. The maximum Gasteiger partial charge on any atom is 0.214 e. The lowest BCUT2D eigenvalue weighted by molar-refractivity contribution is 0.193. The Balaban J connectivity index is 3.02. The number of aliphatic hydroxyl groups is 1. The van der Waals surface area contributed by atoms with Crippen LogP contribution in [-0.4, -0.2) is 28.1 Å². The molecule has 0 saturated heterocycles. The minimum atomic E-state index is -0.364. The average Bonchev–Trinajstić information content (AvgIpc) is 2.26. The van der Waals surface area contributed by atoms with E-state index in [2.05, 4.69) is 5.10 Å². The third-order valence-electron chi connectivity index (χ3n) is 1.98. The van der Waals surface area contributed by atoms with Gasteiger partial charge in [0.25, 0.3) is 0 Å². The fourth-order valence-electron chi connectivity index (χ4n) is 1.47. The van der Waals surface area contributed by atoms with E-state index in [-0.39, 0.29) is 6.10 Å². The van der Waals surface area contributed by atoms with Crippen molar-refractivity contribution in [2.24, 2.45) is 7.05 Å². The van der Waals surface area contributed by atoms with E-state index in [0.717, 1.165) is 17.1 Å². The zero-order valence-electron chi connectivity index (χ0n) is 8.53. The van der Waals surface area contributed by atoms with E-state index >= 15 is 0 Å². The first-order valence-electron chi connectivity index (χ1n) is 4.30. The first-order valence-corrected chi connectivity index (χ1v) is 4.30. The lowest BCUT2D eigenvalue weighted by atomic mass is 10.1. The van der Waals surface area contributed by atoms with Gasteiger partial charge >= 0.3 is 0 Å². The molecule has 1 aromatic rings. The molecule has 0 saturated carbocycles. The molecule has 0 aromatic carbocycles. The Kier molecular flexibility index (Phi) is 2.93. The minimum Gasteiger partial charge on any atom is -0.481 e. The summed E-state index contributed by atoms with van der Waals surface area (Å²) in [6.07, 6.45) is 0.222. The molecule has 1 rings (SSSR count). The molecule has 74 valence electrons. The molecule has 0 unspecified atom stereocenters. The zero-order chi connectivity index (χ0) is 10.0. The van der Waals surface area contributed by atoms with Crippen LogP contribution in [0.25, 0.3) is 0 Å². The number of aromatic nitrogens is 2. The smallest absolute Gasteiger partial charge is 0.214 e. The molecule has 0 spiro atoms. The van der Waals surface area contributed by atoms with Crippen molar-refractivity contribution in [1.29, 1.82) is 0 Å². The molecule has 1 heterocycles. The van der Waals surface area contributed by atoms with Crippen molar-refractivity contribution in [1.82, 2.24) is 9.78 Å². The highest BCUT2D eigenvalue weighted by Gasteiger charge is 2.14. The van der Waals surface area contributed by atoms with Crippen LogP contribution in [0.5, 0.6) is 5.88 Å². The van der Waals surface area contributed by atoms with Crippen molar-refractivity contribution >= 4 is 0 Å². The van der Waals surface area contributed by atoms with Crippen LogP contribution in [0.3, 0.4) is 0 Å². The first-order chi connectivity index (χ1) is 6.06. The third-order valence-corrected chi connectivity index (χ3v) is 1.98. The van der Waals surface area contributed by atoms with Gasteiger partial charge in [0.15, 0.2) is 0 Å². The van der Waals surface area contributed by atoms with Crippen molar-refractivity contribution < 1.29 is 9.84 Å². The van der Waals surface area contributed by atoms with Crippen LogP contribution in [0.2, 0.25) is 0 Å². The molecule has 0 aliphatic heterocycles. The SMILES string of the molecule is COc1c(C[C@H](C)O)c(C)nn1C. The second-order valence-electron chi connectivity index (χ2n) is 3.25. The minimum absolute atomic E-state index is 0.364. The number of methoxy groups -OCH3 is 1. The normalized spacial score (nSPS) is 13.0. The Hall–Kier alpha value is -1.03. The highest BCUT2D eigenvalue weighted by atomic mass is 16.5. The van der Waals surface area contributed by atoms with Crippen molar-refractivity contribution in [3.05, 3.63) is 11.3 Å². The number of nitrogens with zero attached hydrogens (tertiary/aromatic N) is 2. The van der Waals surface area contributed by atoms with Gasteiger partial charge in [0, 0.05) is 19.0 Å². The van der Waals surface area contributed by atoms with Crippen LogP contribution in [0.1, 0.15) is 18.2 Å². The summed E-state index contributed by atoms with van der Waals surface area (Å²) in [6, 6.07) is 0. The van der Waals surface area contributed by atoms with Crippen LogP contribution < -0.4 is 4.74 Å². The van der Waals surface area contributed by atoms with Gasteiger partial charge in [-0.3, -0.25) is 0 Å². The van der Waals surface area contributed by atoms with Gasteiger partial charge in [-0.2, -0.15) is 5.10 Å². The molecule has 0 bridgehead atoms. The van der Waals surface area contributed by atoms with E-state index in [9.17, 15) is 5.11 Å². The maximum atomic E-state index is 9.27. The number of hydrogen-bond donors (Lipinski definition) is 1. The molecule has 0 aliphatic carbocycles. The molecule has 1 aromatic heterocycles. The van der Waals surface area contributed by atoms with E-state index < -0.39 is 0 Å². The third kappa shape index (κ3) is 2.01. The topological polar surface area (TPSA) is 47.3 Å². The van der Waals surface area contributed by atoms with Gasteiger partial charge in [-0.15, -0.1) is 0 Å². The molecule has 0 fully saturated rings. The summed E-state index contributed by atoms with van der Waals surface area (Å²) >= 11 is 0. The van der Waals surface area contributed by atoms with E-state index in [4.69, 9.17) is 4.74 Å². The Morgan fingerprint density at radius 3 is 2.69 bits per heavy atom. The predicted molar refractivity (Wildman–Crippen MR) is 49.9 cm³/mol. The monoisotopic (exact) mass is 184 g/mol. The summed E-state index contributed by atoms with van der Waals surface area (Å²) in [5, 5.41) is 13.5. The van der Waals surface area contributed by atoms with Crippen molar-refractivity contribution in [2.75, 3.05) is 7.11 Å². The molecule has 0 amide bonds. The molecule has 4 nitrogen and oxygen atoms in total. The van der Waals surface area contributed by atoms with Crippen molar-refractivity contribution in [3.63, 3.8) is 0 Å². The maximum absolute atomic E-state index is 9.27. The molecule has 1 N–H and O–H groups in total. The molecular formula is C9H16N2O2. The molecule has 1 atom stereocenters. The van der Waals surface area contributed by atoms with Gasteiger partial charge in [-0.1, -0.05) is 0 Å². The fraction of sp³-hybridized carbons (Fsp3) is 0.667. The van der Waals surface area contributed by atoms with Gasteiger partial charge < -0.3 is 9.84 Å². The average molecular weight is 184 g/mol. The molecule has 0 radical (unpaired) electrons. The van der Waals surface area contributed by atoms with Gasteiger partial charge in [-0.05, 0) is 13.8 Å². The highest BCUT2D eigenvalue weighted by molar-refractivity contribution is 5.31. The quantitative estimate of drug-likeness (QED) is 0.750. The Morgan fingerprint density at radius 1 is 1.62 bits per heavy atom. The van der Waals surface area contributed by atoms with Gasteiger partial charge in [-0.25, -0.2) is 4.68 Å². The summed E-state index contributed by atoms with van der Waals surface area (Å²) in [4.78, 5) is 0. The fourth-order valence-corrected chi connectivity index (χ4v) is 1.47. The standard InChI is InChI=1S/C9H16N2O2/c1-6(12)5-8-7(2)10-11(3)9(8)13-4/h6,12H,5H2,1-4H3/t6-/m0/s1. The first kappa shape index (κ1) is 10.1. The van der Waals surface area contributed by atoms with E-state index in [1.165, 1.54) is 0 Å². The van der Waals surface area contributed by atoms with Gasteiger partial charge in [0.1, 0.15) is 0 Å². The summed E-state index contributed by atoms with van der Waals surface area (Å²) in [5.41, 5.74) is 1.90. The second kappa shape index (κ2) is 3.79. The van der Waals surface area contributed by atoms with Crippen LogP contribution in [0, 0.1) is 6.92 Å². The summed E-state index contributed by atoms with van der Waals surface area (Å²) < 4.78 is 6.87.